The molecule has 0 aromatic carbocycles. The van der Waals surface area contributed by atoms with Gasteiger partial charge in [-0.3, -0.25) is 9.88 Å². The quantitative estimate of drug-likeness (QED) is 0.893. The summed E-state index contributed by atoms with van der Waals surface area (Å²) in [6.45, 7) is 3.09. The second-order valence-electron chi connectivity index (χ2n) is 4.67. The highest BCUT2D eigenvalue weighted by Crippen LogP contribution is 2.18. The average Bonchev–Trinajstić information content (AvgIpc) is 3.03. The van der Waals surface area contributed by atoms with Crippen molar-refractivity contribution in [2.45, 2.75) is 19.1 Å². The number of likely N-dealkylation sites (tertiary alicyclic amines) is 1. The highest BCUT2D eigenvalue weighted by Gasteiger charge is 2.23. The fourth-order valence-electron chi connectivity index (χ4n) is 2.36. The Morgan fingerprint density at radius 3 is 3.00 bits per heavy atom. The van der Waals surface area contributed by atoms with Gasteiger partial charge >= 0.3 is 0 Å². The summed E-state index contributed by atoms with van der Waals surface area (Å²) >= 11 is 0. The molecule has 3 heterocycles. The van der Waals surface area contributed by atoms with E-state index in [-0.39, 0.29) is 0 Å². The Bertz CT molecular complexity index is 469. The van der Waals surface area contributed by atoms with E-state index in [0.717, 1.165) is 31.8 Å². The number of pyridine rings is 1. The van der Waals surface area contributed by atoms with Crippen LogP contribution in [0.2, 0.25) is 0 Å². The molecule has 0 spiro atoms. The monoisotopic (exact) mass is 243 g/mol. The lowest BCUT2D eigenvalue weighted by atomic mass is 10.3. The predicted octanol–water partition coefficient (Wildman–Crippen LogP) is 2.06. The van der Waals surface area contributed by atoms with E-state index >= 15 is 0 Å². The Morgan fingerprint density at radius 2 is 2.22 bits per heavy atom. The van der Waals surface area contributed by atoms with Crippen LogP contribution < -0.4 is 4.74 Å². The number of hydrogen-bond donors (Lipinski definition) is 1. The van der Waals surface area contributed by atoms with Crippen LogP contribution in [0, 0.1) is 0 Å². The minimum Gasteiger partial charge on any atom is -0.489 e. The summed E-state index contributed by atoms with van der Waals surface area (Å²) in [7, 11) is 0. The molecule has 0 aliphatic carbocycles. The normalized spacial score (nSPS) is 20.1. The predicted molar refractivity (Wildman–Crippen MR) is 69.3 cm³/mol. The topological polar surface area (TPSA) is 41.1 Å². The highest BCUT2D eigenvalue weighted by atomic mass is 16.5. The van der Waals surface area contributed by atoms with Gasteiger partial charge in [-0.1, -0.05) is 0 Å². The first-order valence-corrected chi connectivity index (χ1v) is 6.31. The Hall–Kier alpha value is -1.81. The van der Waals surface area contributed by atoms with Crippen LogP contribution in [0.15, 0.2) is 43.0 Å². The summed E-state index contributed by atoms with van der Waals surface area (Å²) < 4.78 is 5.94. The summed E-state index contributed by atoms with van der Waals surface area (Å²) in [5, 5.41) is 0. The van der Waals surface area contributed by atoms with E-state index in [1.54, 1.807) is 12.4 Å². The molecule has 94 valence electrons. The summed E-state index contributed by atoms with van der Waals surface area (Å²) in [6, 6.07) is 5.95. The van der Waals surface area contributed by atoms with Crippen LogP contribution in [0.1, 0.15) is 12.0 Å². The third-order valence-corrected chi connectivity index (χ3v) is 3.25. The van der Waals surface area contributed by atoms with E-state index in [2.05, 4.69) is 27.1 Å². The number of rotatable bonds is 4. The smallest absolute Gasteiger partial charge is 0.122 e. The van der Waals surface area contributed by atoms with Gasteiger partial charge in [-0.05, 0) is 30.2 Å². The van der Waals surface area contributed by atoms with Crippen LogP contribution in [0.25, 0.3) is 0 Å². The van der Waals surface area contributed by atoms with Crippen LogP contribution >= 0.6 is 0 Å². The van der Waals surface area contributed by atoms with Crippen molar-refractivity contribution in [2.24, 2.45) is 0 Å². The van der Waals surface area contributed by atoms with Crippen molar-refractivity contribution in [3.63, 3.8) is 0 Å². The number of aromatic nitrogens is 2. The zero-order valence-corrected chi connectivity index (χ0v) is 10.2. The number of hydrogen-bond acceptors (Lipinski definition) is 3. The third kappa shape index (κ3) is 2.71. The molecule has 0 saturated carbocycles. The molecule has 2 aromatic rings. The molecule has 3 rings (SSSR count). The lowest BCUT2D eigenvalue weighted by Crippen LogP contribution is -2.24. The molecular formula is C14H17N3O. The molecule has 1 atom stereocenters. The van der Waals surface area contributed by atoms with Gasteiger partial charge in [0.1, 0.15) is 11.9 Å². The van der Waals surface area contributed by atoms with Crippen molar-refractivity contribution in [1.82, 2.24) is 14.9 Å². The molecule has 0 amide bonds. The molecule has 4 nitrogen and oxygen atoms in total. The Kier molecular flexibility index (Phi) is 3.28. The van der Waals surface area contributed by atoms with Crippen LogP contribution in [-0.4, -0.2) is 34.1 Å². The van der Waals surface area contributed by atoms with Gasteiger partial charge in [0, 0.05) is 44.4 Å². The number of nitrogens with zero attached hydrogens (tertiary/aromatic N) is 2. The zero-order valence-electron chi connectivity index (χ0n) is 10.2. The van der Waals surface area contributed by atoms with Gasteiger partial charge in [0.15, 0.2) is 0 Å². The first kappa shape index (κ1) is 11.3. The molecule has 0 radical (unpaired) electrons. The van der Waals surface area contributed by atoms with Crippen LogP contribution in [0.4, 0.5) is 0 Å². The minimum atomic E-state index is 0.298. The Balaban J connectivity index is 1.52. The Labute approximate surface area is 107 Å². The molecule has 0 bridgehead atoms. The van der Waals surface area contributed by atoms with E-state index < -0.39 is 0 Å². The highest BCUT2D eigenvalue weighted by molar-refractivity contribution is 5.17. The summed E-state index contributed by atoms with van der Waals surface area (Å²) in [5.41, 5.74) is 1.33. The number of H-pyrrole nitrogens is 1. The van der Waals surface area contributed by atoms with Gasteiger partial charge in [0.2, 0.25) is 0 Å². The number of nitrogens with one attached hydrogen (secondary N) is 1. The molecule has 18 heavy (non-hydrogen) atoms. The molecule has 1 N–H and O–H groups in total. The molecule has 4 heteroatoms. The van der Waals surface area contributed by atoms with Gasteiger partial charge < -0.3 is 9.72 Å². The third-order valence-electron chi connectivity index (χ3n) is 3.25. The standard InChI is InChI=1S/C14H17N3O/c1-5-16-9-12(1)10-17-8-4-14(11-17)18-13-2-6-15-7-3-13/h1-3,5-7,9,14,16H,4,8,10-11H2/t14-/m1/s1. The fraction of sp³-hybridized carbons (Fsp3) is 0.357. The van der Waals surface area contributed by atoms with E-state index in [4.69, 9.17) is 4.74 Å². The second-order valence-corrected chi connectivity index (χ2v) is 4.67. The number of ether oxygens (including phenoxy) is 1. The van der Waals surface area contributed by atoms with E-state index in [1.165, 1.54) is 5.56 Å². The van der Waals surface area contributed by atoms with Crippen molar-refractivity contribution in [3.05, 3.63) is 48.5 Å². The van der Waals surface area contributed by atoms with E-state index in [9.17, 15) is 0 Å². The SMILES string of the molecule is c1cc(O[C@@H]2CCN(Cc3cc[nH]c3)C2)ccn1. The molecular weight excluding hydrogens is 226 g/mol. The first-order chi connectivity index (χ1) is 8.90. The largest absolute Gasteiger partial charge is 0.489 e. The maximum atomic E-state index is 5.94. The van der Waals surface area contributed by atoms with Crippen LogP contribution in [0.5, 0.6) is 5.75 Å². The molecule has 1 fully saturated rings. The van der Waals surface area contributed by atoms with Gasteiger partial charge in [-0.2, -0.15) is 0 Å². The fourth-order valence-corrected chi connectivity index (χ4v) is 2.36. The van der Waals surface area contributed by atoms with Gasteiger partial charge in [-0.25, -0.2) is 0 Å². The van der Waals surface area contributed by atoms with Crippen LogP contribution in [-0.2, 0) is 6.54 Å². The summed E-state index contributed by atoms with van der Waals surface area (Å²) in [4.78, 5) is 9.51. The summed E-state index contributed by atoms with van der Waals surface area (Å²) in [6.07, 6.45) is 8.94. The minimum absolute atomic E-state index is 0.298. The molecule has 0 unspecified atom stereocenters. The maximum absolute atomic E-state index is 5.94. The molecule has 1 aliphatic rings. The van der Waals surface area contributed by atoms with Gasteiger partial charge in [0.25, 0.3) is 0 Å². The summed E-state index contributed by atoms with van der Waals surface area (Å²) in [5.74, 6) is 0.915. The second kappa shape index (κ2) is 5.23. The van der Waals surface area contributed by atoms with Crippen molar-refractivity contribution < 1.29 is 4.74 Å². The van der Waals surface area contributed by atoms with Crippen molar-refractivity contribution >= 4 is 0 Å². The van der Waals surface area contributed by atoms with E-state index in [1.807, 2.05) is 18.3 Å². The molecule has 1 saturated heterocycles. The maximum Gasteiger partial charge on any atom is 0.122 e. The number of aromatic amines is 1. The van der Waals surface area contributed by atoms with Crippen molar-refractivity contribution in [3.8, 4) is 5.75 Å². The molecule has 1 aliphatic heterocycles. The van der Waals surface area contributed by atoms with Crippen molar-refractivity contribution in [2.75, 3.05) is 13.1 Å². The average molecular weight is 243 g/mol. The van der Waals surface area contributed by atoms with E-state index in [0.29, 0.717) is 6.10 Å². The molecule has 2 aromatic heterocycles. The van der Waals surface area contributed by atoms with Gasteiger partial charge in [-0.15, -0.1) is 0 Å². The van der Waals surface area contributed by atoms with Crippen LogP contribution in [0.3, 0.4) is 0 Å². The zero-order chi connectivity index (χ0) is 12.2. The van der Waals surface area contributed by atoms with Crippen molar-refractivity contribution in [1.29, 1.82) is 0 Å². The lowest BCUT2D eigenvalue weighted by molar-refractivity contribution is 0.198. The first-order valence-electron chi connectivity index (χ1n) is 6.31. The lowest BCUT2D eigenvalue weighted by Gasteiger charge is -2.16. The Morgan fingerprint density at radius 1 is 1.33 bits per heavy atom. The van der Waals surface area contributed by atoms with Gasteiger partial charge in [0.05, 0.1) is 0 Å².